The van der Waals surface area contributed by atoms with Crippen molar-refractivity contribution in [3.8, 4) is 0 Å². The Morgan fingerprint density at radius 1 is 1.33 bits per heavy atom. The number of hydrogen-bond acceptors (Lipinski definition) is 2. The van der Waals surface area contributed by atoms with Crippen molar-refractivity contribution in [3.05, 3.63) is 17.5 Å². The summed E-state index contributed by atoms with van der Waals surface area (Å²) in [7, 11) is 0. The van der Waals surface area contributed by atoms with Crippen LogP contribution >= 0.6 is 0 Å². The molecule has 0 spiro atoms. The molecule has 1 saturated carbocycles. The Morgan fingerprint density at radius 2 is 1.94 bits per heavy atom. The molecule has 0 bridgehead atoms. The number of nitrogens with zero attached hydrogens (tertiary/aromatic N) is 1. The average Bonchev–Trinajstić information content (AvgIpc) is 2.79. The van der Waals surface area contributed by atoms with Crippen molar-refractivity contribution in [1.29, 1.82) is 0 Å². The van der Waals surface area contributed by atoms with Crippen LogP contribution in [0.2, 0.25) is 0 Å². The minimum absolute atomic E-state index is 0.0574. The molecule has 1 fully saturated rings. The summed E-state index contributed by atoms with van der Waals surface area (Å²) < 4.78 is 37.4. The predicted octanol–water partition coefficient (Wildman–Crippen LogP) is 2.72. The molecule has 0 unspecified atom stereocenters. The van der Waals surface area contributed by atoms with Crippen LogP contribution in [0.3, 0.4) is 0 Å². The molecule has 0 aromatic carbocycles. The molecule has 1 aliphatic rings. The Balaban J connectivity index is 2.38. The molecule has 0 radical (unpaired) electrons. The van der Waals surface area contributed by atoms with Gasteiger partial charge in [-0.2, -0.15) is 18.3 Å². The second kappa shape index (κ2) is 4.29. The van der Waals surface area contributed by atoms with Crippen LogP contribution in [-0.2, 0) is 16.4 Å². The highest BCUT2D eigenvalue weighted by Crippen LogP contribution is 2.40. The van der Waals surface area contributed by atoms with E-state index in [0.29, 0.717) is 25.7 Å². The summed E-state index contributed by atoms with van der Waals surface area (Å²) in [4.78, 5) is 11.4. The van der Waals surface area contributed by atoms with E-state index in [1.165, 1.54) is 0 Å². The van der Waals surface area contributed by atoms with Gasteiger partial charge in [-0.05, 0) is 18.9 Å². The van der Waals surface area contributed by atoms with Crippen LogP contribution in [0.25, 0.3) is 0 Å². The highest BCUT2D eigenvalue weighted by Gasteiger charge is 2.44. The molecule has 1 heterocycles. The van der Waals surface area contributed by atoms with E-state index in [9.17, 15) is 23.1 Å². The lowest BCUT2D eigenvalue weighted by molar-refractivity contribution is -0.145. The highest BCUT2D eigenvalue weighted by atomic mass is 19.4. The first-order valence-electron chi connectivity index (χ1n) is 5.73. The number of carbonyl (C=O) groups is 1. The first kappa shape index (κ1) is 12.9. The number of hydrogen-bond donors (Lipinski definition) is 2. The third kappa shape index (κ3) is 2.09. The summed E-state index contributed by atoms with van der Waals surface area (Å²) in [6, 6.07) is 0.819. The predicted molar refractivity (Wildman–Crippen MR) is 56.0 cm³/mol. The standard InChI is InChI=1S/C11H13F3N2O2/c12-11(13,14)8-6-7(15-16-8)10(9(17)18)4-2-1-3-5-10/h6H,1-5H2,(H,15,16)(H,17,18). The van der Waals surface area contributed by atoms with Gasteiger partial charge in [-0.25, -0.2) is 0 Å². The summed E-state index contributed by atoms with van der Waals surface area (Å²) in [5.74, 6) is -1.08. The molecule has 2 rings (SSSR count). The van der Waals surface area contributed by atoms with Crippen molar-refractivity contribution >= 4 is 5.97 Å². The maximum absolute atomic E-state index is 12.5. The van der Waals surface area contributed by atoms with E-state index < -0.39 is 23.3 Å². The number of aliphatic carboxylic acids is 1. The number of aromatic amines is 1. The zero-order valence-corrected chi connectivity index (χ0v) is 9.55. The van der Waals surface area contributed by atoms with E-state index in [2.05, 4.69) is 10.2 Å². The summed E-state index contributed by atoms with van der Waals surface area (Å²) in [5.41, 5.74) is -2.25. The first-order valence-corrected chi connectivity index (χ1v) is 5.73. The molecule has 0 aliphatic heterocycles. The molecule has 7 heteroatoms. The molecule has 0 atom stereocenters. The van der Waals surface area contributed by atoms with Gasteiger partial charge in [0.1, 0.15) is 5.41 Å². The Morgan fingerprint density at radius 3 is 2.39 bits per heavy atom. The van der Waals surface area contributed by atoms with Gasteiger partial charge < -0.3 is 5.11 Å². The minimum Gasteiger partial charge on any atom is -0.481 e. The van der Waals surface area contributed by atoms with Gasteiger partial charge in [-0.15, -0.1) is 0 Å². The van der Waals surface area contributed by atoms with Crippen LogP contribution in [0.5, 0.6) is 0 Å². The maximum Gasteiger partial charge on any atom is 0.435 e. The van der Waals surface area contributed by atoms with Gasteiger partial charge in [0, 0.05) is 0 Å². The van der Waals surface area contributed by atoms with Crippen molar-refractivity contribution in [1.82, 2.24) is 10.2 Å². The lowest BCUT2D eigenvalue weighted by atomic mass is 9.72. The third-order valence-corrected chi connectivity index (χ3v) is 3.50. The van der Waals surface area contributed by atoms with E-state index in [0.717, 1.165) is 12.5 Å². The second-order valence-corrected chi connectivity index (χ2v) is 4.61. The van der Waals surface area contributed by atoms with Gasteiger partial charge in [0.2, 0.25) is 0 Å². The number of H-pyrrole nitrogens is 1. The Kier molecular flexibility index (Phi) is 3.08. The molecular formula is C11H13F3N2O2. The molecule has 0 amide bonds. The van der Waals surface area contributed by atoms with E-state index in [-0.39, 0.29) is 5.69 Å². The largest absolute Gasteiger partial charge is 0.481 e. The first-order chi connectivity index (χ1) is 8.36. The van der Waals surface area contributed by atoms with Crippen molar-refractivity contribution in [2.24, 2.45) is 0 Å². The fourth-order valence-corrected chi connectivity index (χ4v) is 2.47. The van der Waals surface area contributed by atoms with E-state index >= 15 is 0 Å². The lowest BCUT2D eigenvalue weighted by Crippen LogP contribution is -2.38. The van der Waals surface area contributed by atoms with Crippen LogP contribution in [-0.4, -0.2) is 21.3 Å². The van der Waals surface area contributed by atoms with E-state index in [1.54, 1.807) is 0 Å². The SMILES string of the molecule is O=C(O)C1(c2cc(C(F)(F)F)n[nH]2)CCCCC1. The minimum atomic E-state index is -4.55. The summed E-state index contributed by atoms with van der Waals surface area (Å²) >= 11 is 0. The molecule has 1 aromatic heterocycles. The number of aromatic nitrogens is 2. The number of carboxylic acid groups (broad SMARTS) is 1. The fourth-order valence-electron chi connectivity index (χ4n) is 2.47. The summed E-state index contributed by atoms with van der Waals surface area (Å²) in [6.45, 7) is 0. The number of halogens is 3. The molecule has 1 aliphatic carbocycles. The van der Waals surface area contributed by atoms with Crippen molar-refractivity contribution in [2.75, 3.05) is 0 Å². The second-order valence-electron chi connectivity index (χ2n) is 4.61. The normalized spacial score (nSPS) is 19.7. The van der Waals surface area contributed by atoms with Crippen molar-refractivity contribution in [2.45, 2.75) is 43.7 Å². The summed E-state index contributed by atoms with van der Waals surface area (Å²) in [6.07, 6.45) is -1.54. The topological polar surface area (TPSA) is 66.0 Å². The van der Waals surface area contributed by atoms with Gasteiger partial charge >= 0.3 is 12.1 Å². The van der Waals surface area contributed by atoms with E-state index in [4.69, 9.17) is 0 Å². The van der Waals surface area contributed by atoms with Crippen molar-refractivity contribution < 1.29 is 23.1 Å². The molecule has 100 valence electrons. The Bertz CT molecular complexity index is 447. The summed E-state index contributed by atoms with van der Waals surface area (Å²) in [5, 5.41) is 14.8. The number of rotatable bonds is 2. The molecule has 18 heavy (non-hydrogen) atoms. The third-order valence-electron chi connectivity index (χ3n) is 3.50. The van der Waals surface area contributed by atoms with Gasteiger partial charge in [0.05, 0.1) is 5.69 Å². The number of carboxylic acids is 1. The van der Waals surface area contributed by atoms with Crippen LogP contribution in [0.1, 0.15) is 43.5 Å². The average molecular weight is 262 g/mol. The fraction of sp³-hybridized carbons (Fsp3) is 0.636. The van der Waals surface area contributed by atoms with Gasteiger partial charge in [-0.1, -0.05) is 19.3 Å². The molecule has 4 nitrogen and oxygen atoms in total. The lowest BCUT2D eigenvalue weighted by Gasteiger charge is -2.31. The zero-order chi connectivity index (χ0) is 13.4. The maximum atomic E-state index is 12.5. The van der Waals surface area contributed by atoms with Crippen LogP contribution in [0, 0.1) is 0 Å². The van der Waals surface area contributed by atoms with Crippen LogP contribution in [0.4, 0.5) is 13.2 Å². The van der Waals surface area contributed by atoms with E-state index in [1.807, 2.05) is 0 Å². The Labute approximate surface area is 101 Å². The molecule has 1 aromatic rings. The number of alkyl halides is 3. The van der Waals surface area contributed by atoms with Crippen molar-refractivity contribution in [3.63, 3.8) is 0 Å². The monoisotopic (exact) mass is 262 g/mol. The van der Waals surface area contributed by atoms with Gasteiger partial charge in [-0.3, -0.25) is 9.89 Å². The van der Waals surface area contributed by atoms with Gasteiger partial charge in [0.25, 0.3) is 0 Å². The Hall–Kier alpha value is -1.53. The molecule has 0 saturated heterocycles. The van der Waals surface area contributed by atoms with Gasteiger partial charge in [0.15, 0.2) is 5.69 Å². The zero-order valence-electron chi connectivity index (χ0n) is 9.55. The smallest absolute Gasteiger partial charge is 0.435 e. The number of nitrogens with one attached hydrogen (secondary N) is 1. The van der Waals surface area contributed by atoms with Crippen LogP contribution in [0.15, 0.2) is 6.07 Å². The molecular weight excluding hydrogens is 249 g/mol. The van der Waals surface area contributed by atoms with Crippen LogP contribution < -0.4 is 0 Å². The molecule has 2 N–H and O–H groups in total. The quantitative estimate of drug-likeness (QED) is 0.861. The highest BCUT2D eigenvalue weighted by molar-refractivity contribution is 5.80.